The highest BCUT2D eigenvalue weighted by Gasteiger charge is 2.25. The van der Waals surface area contributed by atoms with Crippen molar-refractivity contribution in [2.45, 2.75) is 33.7 Å². The fourth-order valence-corrected chi connectivity index (χ4v) is 2.60. The molecule has 1 aromatic carbocycles. The summed E-state index contributed by atoms with van der Waals surface area (Å²) in [5.74, 6) is 0.931. The average Bonchev–Trinajstić information content (AvgIpc) is 2.57. The molecule has 116 valence electrons. The summed E-state index contributed by atoms with van der Waals surface area (Å²) in [5, 5.41) is 2.98. The lowest BCUT2D eigenvalue weighted by molar-refractivity contribution is -0.118. The van der Waals surface area contributed by atoms with E-state index in [0.29, 0.717) is 13.0 Å². The number of hydrogen-bond acceptors (Lipinski definition) is 3. The van der Waals surface area contributed by atoms with Crippen LogP contribution in [0.5, 0.6) is 0 Å². The molecule has 0 spiro atoms. The van der Waals surface area contributed by atoms with Gasteiger partial charge in [-0.2, -0.15) is 0 Å². The second-order valence-corrected chi connectivity index (χ2v) is 5.02. The molecular formula is C18H23N3O. The molecule has 0 unspecified atom stereocenters. The summed E-state index contributed by atoms with van der Waals surface area (Å²) in [6, 6.07) is 10.0. The zero-order chi connectivity index (χ0) is 16.1. The van der Waals surface area contributed by atoms with Gasteiger partial charge in [0.2, 0.25) is 5.91 Å². The van der Waals surface area contributed by atoms with E-state index >= 15 is 0 Å². The van der Waals surface area contributed by atoms with E-state index in [0.717, 1.165) is 11.5 Å². The predicted octanol–water partition coefficient (Wildman–Crippen LogP) is 3.55. The molecule has 1 aliphatic heterocycles. The minimum Gasteiger partial charge on any atom is -0.373 e. The first-order valence-electron chi connectivity index (χ1n) is 7.70. The molecule has 2 heterocycles. The van der Waals surface area contributed by atoms with Gasteiger partial charge in [0.25, 0.3) is 0 Å². The summed E-state index contributed by atoms with van der Waals surface area (Å²) in [5.41, 5.74) is 4.44. The summed E-state index contributed by atoms with van der Waals surface area (Å²) in [6.45, 7) is 6.68. The largest absolute Gasteiger partial charge is 0.373 e. The van der Waals surface area contributed by atoms with Crippen LogP contribution in [0.1, 0.15) is 30.5 Å². The number of anilines is 2. The van der Waals surface area contributed by atoms with E-state index in [4.69, 9.17) is 0 Å². The Morgan fingerprint density at radius 1 is 1.18 bits per heavy atom. The number of nitrogens with one attached hydrogen (secondary N) is 1. The van der Waals surface area contributed by atoms with Crippen molar-refractivity contribution in [2.24, 2.45) is 0 Å². The number of hydrogen-bond donors (Lipinski definition) is 1. The van der Waals surface area contributed by atoms with Crippen LogP contribution in [0, 0.1) is 6.92 Å². The van der Waals surface area contributed by atoms with Crippen LogP contribution in [-0.2, 0) is 17.8 Å². The molecule has 0 bridgehead atoms. The maximum Gasteiger partial charge on any atom is 0.231 e. The van der Waals surface area contributed by atoms with Gasteiger partial charge in [0.1, 0.15) is 5.82 Å². The Labute approximate surface area is 132 Å². The van der Waals surface area contributed by atoms with Gasteiger partial charge >= 0.3 is 0 Å². The SMILES string of the molecule is CC.CNc1ccc(N2Cc3cccc(C)c3CC2=O)cn1. The molecule has 0 aliphatic carbocycles. The van der Waals surface area contributed by atoms with E-state index in [1.165, 1.54) is 16.7 Å². The number of amides is 1. The Morgan fingerprint density at radius 2 is 1.95 bits per heavy atom. The quantitative estimate of drug-likeness (QED) is 0.922. The zero-order valence-electron chi connectivity index (χ0n) is 13.7. The predicted molar refractivity (Wildman–Crippen MR) is 91.2 cm³/mol. The highest BCUT2D eigenvalue weighted by Crippen LogP contribution is 2.27. The third-order valence-corrected chi connectivity index (χ3v) is 3.78. The molecule has 3 rings (SSSR count). The molecular weight excluding hydrogens is 274 g/mol. The van der Waals surface area contributed by atoms with Gasteiger partial charge in [-0.1, -0.05) is 32.0 Å². The third-order valence-electron chi connectivity index (χ3n) is 3.78. The number of fused-ring (bicyclic) bond motifs is 1. The van der Waals surface area contributed by atoms with Crippen molar-refractivity contribution >= 4 is 17.4 Å². The molecule has 0 radical (unpaired) electrons. The molecule has 0 saturated heterocycles. The number of benzene rings is 1. The molecule has 0 fully saturated rings. The first-order chi connectivity index (χ1) is 10.7. The van der Waals surface area contributed by atoms with Crippen molar-refractivity contribution in [2.75, 3.05) is 17.3 Å². The Kier molecular flexibility index (Phi) is 5.15. The number of aryl methyl sites for hydroxylation is 1. The average molecular weight is 297 g/mol. The third kappa shape index (κ3) is 3.11. The van der Waals surface area contributed by atoms with Gasteiger partial charge in [0, 0.05) is 7.05 Å². The monoisotopic (exact) mass is 297 g/mol. The summed E-state index contributed by atoms with van der Waals surface area (Å²) in [6.07, 6.45) is 2.21. The smallest absolute Gasteiger partial charge is 0.231 e. The van der Waals surface area contributed by atoms with Crippen LogP contribution in [0.25, 0.3) is 0 Å². The lowest BCUT2D eigenvalue weighted by Crippen LogP contribution is -2.36. The number of nitrogens with zero attached hydrogens (tertiary/aromatic N) is 2. The second-order valence-electron chi connectivity index (χ2n) is 5.02. The van der Waals surface area contributed by atoms with Crippen LogP contribution < -0.4 is 10.2 Å². The van der Waals surface area contributed by atoms with Gasteiger partial charge in [-0.05, 0) is 35.7 Å². The summed E-state index contributed by atoms with van der Waals surface area (Å²) >= 11 is 0. The molecule has 0 atom stereocenters. The molecule has 1 aromatic heterocycles. The molecule has 4 nitrogen and oxygen atoms in total. The molecule has 2 aromatic rings. The number of aromatic nitrogens is 1. The van der Waals surface area contributed by atoms with Gasteiger partial charge in [-0.15, -0.1) is 0 Å². The number of rotatable bonds is 2. The Balaban J connectivity index is 0.000000847. The Bertz CT molecular complexity index is 650. The van der Waals surface area contributed by atoms with Crippen LogP contribution in [-0.4, -0.2) is 17.9 Å². The fraction of sp³-hybridized carbons (Fsp3) is 0.333. The lowest BCUT2D eigenvalue weighted by atomic mass is 9.94. The zero-order valence-corrected chi connectivity index (χ0v) is 13.7. The van der Waals surface area contributed by atoms with Crippen LogP contribution in [0.15, 0.2) is 36.5 Å². The Hall–Kier alpha value is -2.36. The second kappa shape index (κ2) is 7.07. The van der Waals surface area contributed by atoms with Crippen molar-refractivity contribution < 1.29 is 4.79 Å². The van der Waals surface area contributed by atoms with Crippen molar-refractivity contribution in [3.63, 3.8) is 0 Å². The summed E-state index contributed by atoms with van der Waals surface area (Å²) < 4.78 is 0. The topological polar surface area (TPSA) is 45.2 Å². The first kappa shape index (κ1) is 16.0. The molecule has 1 N–H and O–H groups in total. The van der Waals surface area contributed by atoms with Crippen LogP contribution in [0.2, 0.25) is 0 Å². The van der Waals surface area contributed by atoms with E-state index in [9.17, 15) is 4.79 Å². The van der Waals surface area contributed by atoms with Gasteiger partial charge in [-0.3, -0.25) is 4.79 Å². The number of pyridine rings is 1. The number of carbonyl (C=O) groups excluding carboxylic acids is 1. The van der Waals surface area contributed by atoms with Crippen LogP contribution in [0.4, 0.5) is 11.5 Å². The standard InChI is InChI=1S/C16H17N3O.C2H6/c1-11-4-3-5-12-10-19(16(20)8-14(11)12)13-6-7-15(17-2)18-9-13;1-2/h3-7,9H,8,10H2,1-2H3,(H,17,18);1-2H3. The van der Waals surface area contributed by atoms with E-state index in [2.05, 4.69) is 29.4 Å². The van der Waals surface area contributed by atoms with Crippen molar-refractivity contribution in [1.29, 1.82) is 0 Å². The maximum absolute atomic E-state index is 12.3. The summed E-state index contributed by atoms with van der Waals surface area (Å²) in [4.78, 5) is 18.4. The van der Waals surface area contributed by atoms with Crippen molar-refractivity contribution in [3.8, 4) is 0 Å². The molecule has 22 heavy (non-hydrogen) atoms. The molecule has 4 heteroatoms. The highest BCUT2D eigenvalue weighted by molar-refractivity contribution is 5.96. The number of carbonyl (C=O) groups is 1. The van der Waals surface area contributed by atoms with E-state index < -0.39 is 0 Å². The maximum atomic E-state index is 12.3. The fourth-order valence-electron chi connectivity index (χ4n) is 2.60. The van der Waals surface area contributed by atoms with Crippen LogP contribution >= 0.6 is 0 Å². The van der Waals surface area contributed by atoms with Gasteiger partial charge in [-0.25, -0.2) is 4.98 Å². The lowest BCUT2D eigenvalue weighted by Gasteiger charge is -2.29. The van der Waals surface area contributed by atoms with E-state index in [1.54, 1.807) is 11.1 Å². The van der Waals surface area contributed by atoms with Crippen LogP contribution in [0.3, 0.4) is 0 Å². The molecule has 0 saturated carbocycles. The highest BCUT2D eigenvalue weighted by atomic mass is 16.2. The minimum absolute atomic E-state index is 0.130. The van der Waals surface area contributed by atoms with Crippen molar-refractivity contribution in [3.05, 3.63) is 53.2 Å². The normalized spacial score (nSPS) is 13.1. The van der Waals surface area contributed by atoms with Crippen molar-refractivity contribution in [1.82, 2.24) is 4.98 Å². The minimum atomic E-state index is 0.130. The van der Waals surface area contributed by atoms with Gasteiger partial charge < -0.3 is 10.2 Å². The first-order valence-corrected chi connectivity index (χ1v) is 7.70. The summed E-state index contributed by atoms with van der Waals surface area (Å²) in [7, 11) is 1.83. The van der Waals surface area contributed by atoms with Gasteiger partial charge in [0.15, 0.2) is 0 Å². The molecule has 1 amide bonds. The Morgan fingerprint density at radius 3 is 2.59 bits per heavy atom. The van der Waals surface area contributed by atoms with E-state index in [-0.39, 0.29) is 5.91 Å². The van der Waals surface area contributed by atoms with E-state index in [1.807, 2.05) is 39.1 Å². The van der Waals surface area contributed by atoms with Gasteiger partial charge in [0.05, 0.1) is 24.8 Å². The molecule has 1 aliphatic rings.